The smallest absolute Gasteiger partial charge is 0.0607 e. The number of nitrogens with zero attached hydrogens (tertiary/aromatic N) is 2. The van der Waals surface area contributed by atoms with Gasteiger partial charge in [0.2, 0.25) is 0 Å². The molecule has 5 rings (SSSR count). The lowest BCUT2D eigenvalue weighted by atomic mass is 9.82. The predicted octanol–water partition coefficient (Wildman–Crippen LogP) is 5.23. The van der Waals surface area contributed by atoms with Crippen molar-refractivity contribution in [2.45, 2.75) is 57.7 Å². The number of pyridine rings is 1. The molecular formula is C28H33N3. The third kappa shape index (κ3) is 4.58. The Morgan fingerprint density at radius 2 is 1.61 bits per heavy atom. The van der Waals surface area contributed by atoms with Crippen LogP contribution < -0.4 is 5.73 Å². The van der Waals surface area contributed by atoms with E-state index in [1.807, 2.05) is 6.20 Å². The molecule has 1 heterocycles. The van der Waals surface area contributed by atoms with Crippen LogP contribution in [-0.4, -0.2) is 16.4 Å². The SMILES string of the molecule is NCc1ccc(CN(C[C@@H]2CCc3ccccc3C2)[C@H]2CCCc3cccnc32)cc1. The second-order valence-corrected chi connectivity index (χ2v) is 9.28. The Hall–Kier alpha value is -2.49. The van der Waals surface area contributed by atoms with E-state index in [1.165, 1.54) is 54.5 Å². The van der Waals surface area contributed by atoms with Crippen molar-refractivity contribution in [3.63, 3.8) is 0 Å². The van der Waals surface area contributed by atoms with Crippen molar-refractivity contribution in [3.8, 4) is 0 Å². The summed E-state index contributed by atoms with van der Waals surface area (Å²) < 4.78 is 0. The lowest BCUT2D eigenvalue weighted by Crippen LogP contribution is -2.37. The maximum Gasteiger partial charge on any atom is 0.0607 e. The van der Waals surface area contributed by atoms with Crippen molar-refractivity contribution < 1.29 is 0 Å². The van der Waals surface area contributed by atoms with Crippen LogP contribution in [0.4, 0.5) is 0 Å². The predicted molar refractivity (Wildman–Crippen MR) is 127 cm³/mol. The number of fused-ring (bicyclic) bond motifs is 2. The van der Waals surface area contributed by atoms with Gasteiger partial charge in [-0.15, -0.1) is 0 Å². The second-order valence-electron chi connectivity index (χ2n) is 9.28. The van der Waals surface area contributed by atoms with E-state index in [2.05, 4.69) is 65.6 Å². The molecule has 0 fully saturated rings. The van der Waals surface area contributed by atoms with Crippen molar-refractivity contribution >= 4 is 0 Å². The molecule has 160 valence electrons. The third-order valence-electron chi connectivity index (χ3n) is 7.19. The van der Waals surface area contributed by atoms with Crippen LogP contribution in [0.3, 0.4) is 0 Å². The van der Waals surface area contributed by atoms with E-state index in [4.69, 9.17) is 10.7 Å². The van der Waals surface area contributed by atoms with Crippen molar-refractivity contribution in [2.75, 3.05) is 6.54 Å². The average molecular weight is 412 g/mol. The zero-order valence-electron chi connectivity index (χ0n) is 18.3. The van der Waals surface area contributed by atoms with Crippen molar-refractivity contribution in [1.29, 1.82) is 0 Å². The molecule has 3 aromatic rings. The molecule has 3 heteroatoms. The zero-order chi connectivity index (χ0) is 21.0. The van der Waals surface area contributed by atoms with Gasteiger partial charge in [-0.2, -0.15) is 0 Å². The van der Waals surface area contributed by atoms with E-state index in [0.717, 1.165) is 19.5 Å². The van der Waals surface area contributed by atoms with E-state index < -0.39 is 0 Å². The summed E-state index contributed by atoms with van der Waals surface area (Å²) in [5.41, 5.74) is 14.2. The number of aryl methyl sites for hydroxylation is 2. The Kier molecular flexibility index (Phi) is 6.15. The summed E-state index contributed by atoms with van der Waals surface area (Å²) >= 11 is 0. The summed E-state index contributed by atoms with van der Waals surface area (Å²) in [6.07, 6.45) is 9.27. The fourth-order valence-corrected chi connectivity index (χ4v) is 5.52. The maximum absolute atomic E-state index is 5.82. The Labute approximate surface area is 186 Å². The molecule has 2 aliphatic carbocycles. The molecule has 1 aromatic heterocycles. The van der Waals surface area contributed by atoms with Gasteiger partial charge < -0.3 is 5.73 Å². The van der Waals surface area contributed by atoms with Crippen LogP contribution >= 0.6 is 0 Å². The minimum absolute atomic E-state index is 0.413. The van der Waals surface area contributed by atoms with Crippen molar-refractivity contribution in [2.24, 2.45) is 11.7 Å². The number of benzene rings is 2. The lowest BCUT2D eigenvalue weighted by Gasteiger charge is -2.38. The zero-order valence-corrected chi connectivity index (χ0v) is 18.3. The van der Waals surface area contributed by atoms with Crippen molar-refractivity contribution in [1.82, 2.24) is 9.88 Å². The molecule has 0 bridgehead atoms. The monoisotopic (exact) mass is 411 g/mol. The standard InChI is InChI=1S/C28H33N3/c29-18-21-10-12-22(13-11-21)19-31(27-9-3-7-25-8-4-16-30-28(25)27)20-23-14-15-24-5-1-2-6-26(24)17-23/h1-2,4-6,8,10-13,16,23,27H,3,7,9,14-15,17-20,29H2/t23-,27+/m1/s1. The van der Waals surface area contributed by atoms with E-state index in [0.29, 0.717) is 18.5 Å². The van der Waals surface area contributed by atoms with Crippen LogP contribution in [0, 0.1) is 5.92 Å². The molecule has 2 aliphatic rings. The molecule has 2 N–H and O–H groups in total. The van der Waals surface area contributed by atoms with Crippen LogP contribution in [0.5, 0.6) is 0 Å². The fraction of sp³-hybridized carbons (Fsp3) is 0.393. The van der Waals surface area contributed by atoms with Crippen LogP contribution in [0.15, 0.2) is 66.9 Å². The molecule has 0 amide bonds. The van der Waals surface area contributed by atoms with E-state index >= 15 is 0 Å². The number of nitrogens with two attached hydrogens (primary N) is 1. The molecule has 0 saturated heterocycles. The average Bonchev–Trinajstić information content (AvgIpc) is 2.83. The van der Waals surface area contributed by atoms with Gasteiger partial charge in [0, 0.05) is 25.8 Å². The molecule has 0 unspecified atom stereocenters. The first-order chi connectivity index (χ1) is 15.3. The van der Waals surface area contributed by atoms with Gasteiger partial charge in [0.25, 0.3) is 0 Å². The van der Waals surface area contributed by atoms with Crippen LogP contribution in [0.1, 0.15) is 58.8 Å². The minimum Gasteiger partial charge on any atom is -0.326 e. The number of hydrogen-bond donors (Lipinski definition) is 1. The summed E-state index contributed by atoms with van der Waals surface area (Å²) in [6.45, 7) is 2.71. The Balaban J connectivity index is 1.40. The Morgan fingerprint density at radius 3 is 2.45 bits per heavy atom. The molecule has 2 aromatic carbocycles. The highest BCUT2D eigenvalue weighted by molar-refractivity contribution is 5.30. The molecule has 0 spiro atoms. The summed E-state index contributed by atoms with van der Waals surface area (Å²) in [7, 11) is 0. The number of aromatic nitrogens is 1. The van der Waals surface area contributed by atoms with Crippen molar-refractivity contribution in [3.05, 3.63) is 100 Å². The first kappa shape index (κ1) is 20.4. The Bertz CT molecular complexity index is 1010. The maximum atomic E-state index is 5.82. The molecule has 2 atom stereocenters. The molecular weight excluding hydrogens is 378 g/mol. The first-order valence-corrected chi connectivity index (χ1v) is 11.8. The number of rotatable bonds is 6. The number of hydrogen-bond acceptors (Lipinski definition) is 3. The topological polar surface area (TPSA) is 42.1 Å². The molecule has 31 heavy (non-hydrogen) atoms. The lowest BCUT2D eigenvalue weighted by molar-refractivity contribution is 0.134. The highest BCUT2D eigenvalue weighted by Gasteiger charge is 2.30. The summed E-state index contributed by atoms with van der Waals surface area (Å²) in [4.78, 5) is 7.58. The van der Waals surface area contributed by atoms with Crippen LogP contribution in [0.25, 0.3) is 0 Å². The molecule has 0 radical (unpaired) electrons. The van der Waals surface area contributed by atoms with Gasteiger partial charge in [0.15, 0.2) is 0 Å². The van der Waals surface area contributed by atoms with E-state index in [-0.39, 0.29) is 0 Å². The second kappa shape index (κ2) is 9.33. The van der Waals surface area contributed by atoms with Gasteiger partial charge in [0.1, 0.15) is 0 Å². The van der Waals surface area contributed by atoms with Gasteiger partial charge >= 0.3 is 0 Å². The van der Waals surface area contributed by atoms with E-state index in [9.17, 15) is 0 Å². The molecule has 0 saturated carbocycles. The van der Waals surface area contributed by atoms with Gasteiger partial charge in [0.05, 0.1) is 11.7 Å². The third-order valence-corrected chi connectivity index (χ3v) is 7.19. The summed E-state index contributed by atoms with van der Waals surface area (Å²) in [6, 6.07) is 22.7. The largest absolute Gasteiger partial charge is 0.326 e. The highest BCUT2D eigenvalue weighted by Crippen LogP contribution is 2.36. The highest BCUT2D eigenvalue weighted by atomic mass is 15.2. The van der Waals surface area contributed by atoms with Gasteiger partial charge in [-0.25, -0.2) is 0 Å². The van der Waals surface area contributed by atoms with Gasteiger partial charge in [-0.3, -0.25) is 9.88 Å². The van der Waals surface area contributed by atoms with Crippen LogP contribution in [-0.2, 0) is 32.4 Å². The van der Waals surface area contributed by atoms with Gasteiger partial charge in [-0.1, -0.05) is 54.6 Å². The summed E-state index contributed by atoms with van der Waals surface area (Å²) in [5, 5.41) is 0. The quantitative estimate of drug-likeness (QED) is 0.604. The molecule has 3 nitrogen and oxygen atoms in total. The fourth-order valence-electron chi connectivity index (χ4n) is 5.52. The Morgan fingerprint density at radius 1 is 0.839 bits per heavy atom. The van der Waals surface area contributed by atoms with Crippen LogP contribution in [0.2, 0.25) is 0 Å². The normalized spacial score (nSPS) is 20.3. The van der Waals surface area contributed by atoms with Gasteiger partial charge in [-0.05, 0) is 78.3 Å². The first-order valence-electron chi connectivity index (χ1n) is 11.8. The molecule has 0 aliphatic heterocycles. The summed E-state index contributed by atoms with van der Waals surface area (Å²) in [5.74, 6) is 0.701. The van der Waals surface area contributed by atoms with E-state index in [1.54, 1.807) is 11.1 Å². The minimum atomic E-state index is 0.413.